The smallest absolute Gasteiger partial charge is 0.410 e. The maximum absolute atomic E-state index is 12.3. The number of benzene rings is 1. The molecule has 1 spiro atoms. The number of nitrogens with zero attached hydrogens (tertiary/aromatic N) is 1. The fraction of sp³-hybridized carbons (Fsp3) is 0.476. The largest absolute Gasteiger partial charge is 0.482 e. The average molecular weight is 341 g/mol. The van der Waals surface area contributed by atoms with Gasteiger partial charge in [0.15, 0.2) is 0 Å². The lowest BCUT2D eigenvalue weighted by Crippen LogP contribution is -2.50. The van der Waals surface area contributed by atoms with Gasteiger partial charge in [0.05, 0.1) is 0 Å². The molecule has 0 atom stereocenters. The summed E-state index contributed by atoms with van der Waals surface area (Å²) in [6.07, 6.45) is 3.45. The van der Waals surface area contributed by atoms with Crippen LogP contribution in [0.5, 0.6) is 5.75 Å². The Labute approximate surface area is 150 Å². The maximum Gasteiger partial charge on any atom is 0.410 e. The van der Waals surface area contributed by atoms with Gasteiger partial charge in [0.2, 0.25) is 0 Å². The molecule has 2 heterocycles. The first kappa shape index (κ1) is 17.6. The fourth-order valence-corrected chi connectivity index (χ4v) is 3.36. The van der Waals surface area contributed by atoms with Gasteiger partial charge in [0.25, 0.3) is 0 Å². The van der Waals surface area contributed by atoms with Crippen LogP contribution in [0.2, 0.25) is 0 Å². The number of allylic oxidation sites excluding steroid dienone is 2. The molecule has 1 amide bonds. The fourth-order valence-electron chi connectivity index (χ4n) is 3.36. The van der Waals surface area contributed by atoms with Crippen LogP contribution in [0.15, 0.2) is 42.5 Å². The summed E-state index contributed by atoms with van der Waals surface area (Å²) in [5.41, 5.74) is 2.42. The lowest BCUT2D eigenvalue weighted by molar-refractivity contribution is -0.00116. The molecule has 1 saturated heterocycles. The number of para-hydroxylation sites is 1. The van der Waals surface area contributed by atoms with Gasteiger partial charge in [0.1, 0.15) is 17.0 Å². The van der Waals surface area contributed by atoms with Crippen LogP contribution in [-0.4, -0.2) is 35.3 Å². The molecule has 2 aliphatic rings. The third-order valence-corrected chi connectivity index (χ3v) is 4.62. The van der Waals surface area contributed by atoms with Gasteiger partial charge in [-0.3, -0.25) is 0 Å². The Morgan fingerprint density at radius 2 is 1.88 bits per heavy atom. The summed E-state index contributed by atoms with van der Waals surface area (Å²) in [7, 11) is 0. The van der Waals surface area contributed by atoms with E-state index in [1.165, 1.54) is 0 Å². The highest BCUT2D eigenvalue weighted by Crippen LogP contribution is 2.42. The van der Waals surface area contributed by atoms with Crippen LogP contribution < -0.4 is 4.74 Å². The number of amides is 1. The molecule has 0 aromatic heterocycles. The van der Waals surface area contributed by atoms with Crippen molar-refractivity contribution >= 4 is 11.7 Å². The predicted molar refractivity (Wildman–Crippen MR) is 99.6 cm³/mol. The third kappa shape index (κ3) is 3.73. The van der Waals surface area contributed by atoms with Gasteiger partial charge in [-0.1, -0.05) is 30.4 Å². The summed E-state index contributed by atoms with van der Waals surface area (Å²) in [4.78, 5) is 14.1. The van der Waals surface area contributed by atoms with E-state index in [2.05, 4.69) is 18.7 Å². The zero-order valence-corrected chi connectivity index (χ0v) is 15.6. The minimum atomic E-state index is -0.473. The van der Waals surface area contributed by atoms with Crippen molar-refractivity contribution in [3.05, 3.63) is 48.1 Å². The number of fused-ring (bicyclic) bond motifs is 1. The van der Waals surface area contributed by atoms with Crippen molar-refractivity contribution < 1.29 is 14.3 Å². The summed E-state index contributed by atoms with van der Waals surface area (Å²) in [5, 5.41) is 0. The zero-order chi connectivity index (χ0) is 18.2. The second-order valence-electron chi connectivity index (χ2n) is 7.97. The molecule has 0 unspecified atom stereocenters. The number of piperidine rings is 1. The summed E-state index contributed by atoms with van der Waals surface area (Å²) in [5.74, 6) is 0.897. The van der Waals surface area contributed by atoms with Gasteiger partial charge in [-0.05, 0) is 45.4 Å². The highest BCUT2D eigenvalue weighted by molar-refractivity contribution is 5.83. The molecular formula is C21H27NO3. The molecule has 1 aromatic carbocycles. The van der Waals surface area contributed by atoms with E-state index < -0.39 is 5.60 Å². The first-order chi connectivity index (χ1) is 11.7. The van der Waals surface area contributed by atoms with Crippen molar-refractivity contribution in [1.82, 2.24) is 4.90 Å². The van der Waals surface area contributed by atoms with Crippen molar-refractivity contribution in [3.8, 4) is 5.75 Å². The Morgan fingerprint density at radius 3 is 2.48 bits per heavy atom. The van der Waals surface area contributed by atoms with Crippen LogP contribution in [0.3, 0.4) is 0 Å². The monoisotopic (exact) mass is 341 g/mol. The maximum atomic E-state index is 12.3. The Kier molecular flexibility index (Phi) is 4.40. The van der Waals surface area contributed by atoms with Crippen LogP contribution in [0, 0.1) is 0 Å². The molecule has 0 radical (unpaired) electrons. The van der Waals surface area contributed by atoms with Crippen molar-refractivity contribution in [3.63, 3.8) is 0 Å². The molecule has 1 fully saturated rings. The predicted octanol–water partition coefficient (Wildman–Crippen LogP) is 4.81. The molecule has 2 aliphatic heterocycles. The van der Waals surface area contributed by atoms with E-state index in [0.717, 1.165) is 35.3 Å². The molecule has 0 bridgehead atoms. The van der Waals surface area contributed by atoms with Crippen LogP contribution >= 0.6 is 0 Å². The molecule has 0 N–H and O–H groups in total. The second-order valence-corrected chi connectivity index (χ2v) is 7.97. The van der Waals surface area contributed by atoms with Gasteiger partial charge in [-0.2, -0.15) is 0 Å². The topological polar surface area (TPSA) is 38.8 Å². The SMILES string of the molecule is C=C(C)C1=CC2(CCN(C(=O)OC(C)(C)C)CC2)Oc2ccccc21. The minimum absolute atomic E-state index is 0.248. The zero-order valence-electron chi connectivity index (χ0n) is 15.6. The van der Waals surface area contributed by atoms with E-state index in [1.54, 1.807) is 4.90 Å². The van der Waals surface area contributed by atoms with Gasteiger partial charge in [-0.25, -0.2) is 4.79 Å². The first-order valence-electron chi connectivity index (χ1n) is 8.84. The van der Waals surface area contributed by atoms with Crippen LogP contribution in [0.25, 0.3) is 5.57 Å². The highest BCUT2D eigenvalue weighted by Gasteiger charge is 2.40. The standard InChI is InChI=1S/C21H27NO3/c1-15(2)17-14-21(24-18-9-7-6-8-16(17)18)10-12-22(13-11-21)19(23)25-20(3,4)5/h6-9,14H,1,10-13H2,2-5H3. The van der Waals surface area contributed by atoms with Crippen molar-refractivity contribution in [2.45, 2.75) is 51.7 Å². The minimum Gasteiger partial charge on any atom is -0.482 e. The van der Waals surface area contributed by atoms with Gasteiger partial charge >= 0.3 is 6.09 Å². The quantitative estimate of drug-likeness (QED) is 0.736. The second kappa shape index (κ2) is 6.25. The van der Waals surface area contributed by atoms with Gasteiger partial charge in [0, 0.05) is 31.5 Å². The van der Waals surface area contributed by atoms with Crippen LogP contribution in [-0.2, 0) is 4.74 Å². The molecule has 25 heavy (non-hydrogen) atoms. The molecule has 3 rings (SSSR count). The number of carbonyl (C=O) groups is 1. The number of hydrogen-bond donors (Lipinski definition) is 0. The first-order valence-corrected chi connectivity index (χ1v) is 8.84. The van der Waals surface area contributed by atoms with E-state index in [9.17, 15) is 4.79 Å². The van der Waals surface area contributed by atoms with Crippen LogP contribution in [0.1, 0.15) is 46.1 Å². The molecule has 1 aromatic rings. The van der Waals surface area contributed by atoms with Crippen LogP contribution in [0.4, 0.5) is 4.79 Å². The highest BCUT2D eigenvalue weighted by atomic mass is 16.6. The number of carbonyl (C=O) groups excluding carboxylic acids is 1. The summed E-state index contributed by atoms with van der Waals surface area (Å²) < 4.78 is 11.9. The summed E-state index contributed by atoms with van der Waals surface area (Å²) in [6, 6.07) is 8.08. The summed E-state index contributed by atoms with van der Waals surface area (Å²) in [6.45, 7) is 13.1. The van der Waals surface area contributed by atoms with Crippen molar-refractivity contribution in [2.24, 2.45) is 0 Å². The molecule has 4 nitrogen and oxygen atoms in total. The van der Waals surface area contributed by atoms with E-state index in [0.29, 0.717) is 13.1 Å². The van der Waals surface area contributed by atoms with E-state index in [-0.39, 0.29) is 11.7 Å². The Hall–Kier alpha value is -2.23. The average Bonchev–Trinajstić information content (AvgIpc) is 2.53. The Balaban J connectivity index is 1.78. The molecule has 4 heteroatoms. The lowest BCUT2D eigenvalue weighted by atomic mass is 9.83. The number of rotatable bonds is 1. The Morgan fingerprint density at radius 1 is 1.24 bits per heavy atom. The van der Waals surface area contributed by atoms with Gasteiger partial charge in [-0.15, -0.1) is 0 Å². The lowest BCUT2D eigenvalue weighted by Gasteiger charge is -2.43. The number of likely N-dealkylation sites (tertiary alicyclic amines) is 1. The molecule has 0 saturated carbocycles. The molecular weight excluding hydrogens is 314 g/mol. The summed E-state index contributed by atoms with van der Waals surface area (Å²) >= 11 is 0. The van der Waals surface area contributed by atoms with Gasteiger partial charge < -0.3 is 14.4 Å². The van der Waals surface area contributed by atoms with E-state index in [1.807, 2.05) is 45.9 Å². The number of hydrogen-bond acceptors (Lipinski definition) is 3. The third-order valence-electron chi connectivity index (χ3n) is 4.62. The normalized spacial score (nSPS) is 18.9. The Bertz CT molecular complexity index is 719. The van der Waals surface area contributed by atoms with E-state index in [4.69, 9.17) is 9.47 Å². The van der Waals surface area contributed by atoms with E-state index >= 15 is 0 Å². The van der Waals surface area contributed by atoms with Crippen molar-refractivity contribution in [2.75, 3.05) is 13.1 Å². The van der Waals surface area contributed by atoms with Crippen molar-refractivity contribution in [1.29, 1.82) is 0 Å². The molecule has 134 valence electrons. The molecule has 0 aliphatic carbocycles. The number of ether oxygens (including phenoxy) is 2.